The van der Waals surface area contributed by atoms with Crippen LogP contribution in [0.3, 0.4) is 0 Å². The summed E-state index contributed by atoms with van der Waals surface area (Å²) in [5.74, 6) is -1.15. The SMILES string of the molecule is CCOc1cc(/C=C2\SC(=O)N(CC(=O)Nc3ccc(F)cc3)C2=O)c(Br)cc1OCc1ccc(F)cc1. The molecule has 0 bridgehead atoms. The summed E-state index contributed by atoms with van der Waals surface area (Å²) in [6.07, 6.45) is 1.53. The van der Waals surface area contributed by atoms with E-state index in [0.717, 1.165) is 10.5 Å². The summed E-state index contributed by atoms with van der Waals surface area (Å²) in [6, 6.07) is 14.4. The molecule has 4 rings (SSSR count). The zero-order valence-electron chi connectivity index (χ0n) is 20.0. The summed E-state index contributed by atoms with van der Waals surface area (Å²) < 4.78 is 38.4. The maximum absolute atomic E-state index is 13.2. The molecule has 0 aliphatic carbocycles. The number of carbonyl (C=O) groups is 3. The van der Waals surface area contributed by atoms with Gasteiger partial charge in [-0.25, -0.2) is 8.78 Å². The summed E-state index contributed by atoms with van der Waals surface area (Å²) in [5.41, 5.74) is 1.67. The summed E-state index contributed by atoms with van der Waals surface area (Å²) in [4.78, 5) is 38.7. The van der Waals surface area contributed by atoms with Crippen molar-refractivity contribution in [1.29, 1.82) is 0 Å². The number of amides is 3. The molecule has 1 heterocycles. The molecule has 0 radical (unpaired) electrons. The second-order valence-corrected chi connectivity index (χ2v) is 9.84. The Bertz CT molecular complexity index is 1400. The van der Waals surface area contributed by atoms with E-state index in [1.54, 1.807) is 24.3 Å². The largest absolute Gasteiger partial charge is 0.490 e. The molecule has 3 amide bonds. The van der Waals surface area contributed by atoms with Crippen LogP contribution in [0.25, 0.3) is 6.08 Å². The first-order chi connectivity index (χ1) is 18.2. The molecule has 0 atom stereocenters. The van der Waals surface area contributed by atoms with Crippen LogP contribution in [-0.4, -0.2) is 35.1 Å². The fourth-order valence-corrected chi connectivity index (χ4v) is 4.71. The number of benzene rings is 3. The van der Waals surface area contributed by atoms with Crippen LogP contribution in [0.15, 0.2) is 70.0 Å². The van der Waals surface area contributed by atoms with E-state index in [4.69, 9.17) is 9.47 Å². The van der Waals surface area contributed by atoms with E-state index in [9.17, 15) is 23.2 Å². The molecule has 0 spiro atoms. The predicted molar refractivity (Wildman–Crippen MR) is 144 cm³/mol. The molecule has 1 fully saturated rings. The van der Waals surface area contributed by atoms with Crippen molar-refractivity contribution in [2.75, 3.05) is 18.5 Å². The second kappa shape index (κ2) is 12.2. The number of carbonyl (C=O) groups excluding carboxylic acids is 3. The van der Waals surface area contributed by atoms with Crippen LogP contribution in [0.2, 0.25) is 0 Å². The predicted octanol–water partition coefficient (Wildman–Crippen LogP) is 6.38. The van der Waals surface area contributed by atoms with Gasteiger partial charge >= 0.3 is 0 Å². The van der Waals surface area contributed by atoms with Crippen molar-refractivity contribution >= 4 is 56.5 Å². The molecule has 0 saturated carbocycles. The third kappa shape index (κ3) is 6.78. The Kier molecular flexibility index (Phi) is 8.80. The van der Waals surface area contributed by atoms with Crippen LogP contribution >= 0.6 is 27.7 Å². The Labute approximate surface area is 229 Å². The lowest BCUT2D eigenvalue weighted by atomic mass is 10.1. The summed E-state index contributed by atoms with van der Waals surface area (Å²) >= 11 is 4.18. The Hall–Kier alpha value is -3.70. The van der Waals surface area contributed by atoms with E-state index in [-0.39, 0.29) is 17.3 Å². The Morgan fingerprint density at radius 1 is 1.00 bits per heavy atom. The van der Waals surface area contributed by atoms with Gasteiger partial charge < -0.3 is 14.8 Å². The fraction of sp³-hybridized carbons (Fsp3) is 0.148. The minimum atomic E-state index is -0.615. The highest BCUT2D eigenvalue weighted by molar-refractivity contribution is 9.10. The molecule has 7 nitrogen and oxygen atoms in total. The van der Waals surface area contributed by atoms with Crippen LogP contribution in [0.5, 0.6) is 11.5 Å². The van der Waals surface area contributed by atoms with Crippen LogP contribution in [0.4, 0.5) is 19.3 Å². The van der Waals surface area contributed by atoms with E-state index in [0.29, 0.717) is 45.6 Å². The van der Waals surface area contributed by atoms with Crippen LogP contribution in [0.1, 0.15) is 18.1 Å². The van der Waals surface area contributed by atoms with Gasteiger partial charge in [-0.3, -0.25) is 19.3 Å². The summed E-state index contributed by atoms with van der Waals surface area (Å²) in [6.45, 7) is 1.87. The van der Waals surface area contributed by atoms with Crippen molar-refractivity contribution in [3.63, 3.8) is 0 Å². The van der Waals surface area contributed by atoms with Gasteiger partial charge in [-0.2, -0.15) is 0 Å². The van der Waals surface area contributed by atoms with E-state index >= 15 is 0 Å². The van der Waals surface area contributed by atoms with Crippen LogP contribution in [0, 0.1) is 11.6 Å². The number of nitrogens with one attached hydrogen (secondary N) is 1. The summed E-state index contributed by atoms with van der Waals surface area (Å²) in [5, 5.41) is 1.94. The van der Waals surface area contributed by atoms with Crippen molar-refractivity contribution < 1.29 is 32.6 Å². The van der Waals surface area contributed by atoms with Gasteiger partial charge in [0, 0.05) is 10.2 Å². The lowest BCUT2D eigenvalue weighted by Gasteiger charge is -2.14. The highest BCUT2D eigenvalue weighted by Gasteiger charge is 2.36. The van der Waals surface area contributed by atoms with Gasteiger partial charge in [0.15, 0.2) is 11.5 Å². The number of nitrogens with zero attached hydrogens (tertiary/aromatic N) is 1. The number of hydrogen-bond donors (Lipinski definition) is 1. The molecule has 1 N–H and O–H groups in total. The molecule has 0 aromatic heterocycles. The molecule has 196 valence electrons. The average Bonchev–Trinajstić information content (AvgIpc) is 3.14. The summed E-state index contributed by atoms with van der Waals surface area (Å²) in [7, 11) is 0. The molecular weight excluding hydrogens is 582 g/mol. The highest BCUT2D eigenvalue weighted by atomic mass is 79.9. The number of thioether (sulfide) groups is 1. The van der Waals surface area contributed by atoms with Crippen molar-refractivity contribution in [1.82, 2.24) is 4.90 Å². The Balaban J connectivity index is 1.48. The molecule has 0 unspecified atom stereocenters. The first kappa shape index (κ1) is 27.3. The molecule has 3 aromatic rings. The lowest BCUT2D eigenvalue weighted by Crippen LogP contribution is -2.36. The molecule has 3 aromatic carbocycles. The third-order valence-electron chi connectivity index (χ3n) is 5.26. The molecule has 1 aliphatic heterocycles. The van der Waals surface area contributed by atoms with E-state index in [2.05, 4.69) is 21.2 Å². The number of anilines is 1. The standard InChI is InChI=1S/C27H21BrF2N2O5S/c1-2-36-22-11-17(21(28)13-23(22)37-15-16-3-5-18(29)6-4-16)12-24-26(34)32(27(35)38-24)14-25(33)31-20-9-7-19(30)8-10-20/h3-13H,2,14-15H2,1H3,(H,31,33)/b24-12-. The normalized spacial score (nSPS) is 14.2. The Morgan fingerprint density at radius 2 is 1.63 bits per heavy atom. The van der Waals surface area contributed by atoms with Crippen molar-refractivity contribution in [3.05, 3.63) is 92.8 Å². The third-order valence-corrected chi connectivity index (χ3v) is 6.85. The van der Waals surface area contributed by atoms with E-state index in [1.165, 1.54) is 42.5 Å². The number of ether oxygens (including phenoxy) is 2. The number of imide groups is 1. The maximum atomic E-state index is 13.2. The van der Waals surface area contributed by atoms with E-state index < -0.39 is 29.4 Å². The molecule has 1 aliphatic rings. The molecule has 38 heavy (non-hydrogen) atoms. The zero-order chi connectivity index (χ0) is 27.2. The topological polar surface area (TPSA) is 84.9 Å². The highest BCUT2D eigenvalue weighted by Crippen LogP contribution is 2.38. The monoisotopic (exact) mass is 602 g/mol. The van der Waals surface area contributed by atoms with E-state index in [1.807, 2.05) is 6.92 Å². The molecular formula is C27H21BrF2N2O5S. The molecule has 1 saturated heterocycles. The minimum absolute atomic E-state index is 0.132. The first-order valence-electron chi connectivity index (χ1n) is 11.4. The van der Waals surface area contributed by atoms with Gasteiger partial charge in [-0.1, -0.05) is 28.1 Å². The van der Waals surface area contributed by atoms with Gasteiger partial charge in [0.2, 0.25) is 5.91 Å². The van der Waals surface area contributed by atoms with Crippen molar-refractivity contribution in [3.8, 4) is 11.5 Å². The zero-order valence-corrected chi connectivity index (χ0v) is 22.4. The van der Waals surface area contributed by atoms with Crippen molar-refractivity contribution in [2.45, 2.75) is 13.5 Å². The van der Waals surface area contributed by atoms with Crippen LogP contribution < -0.4 is 14.8 Å². The second-order valence-electron chi connectivity index (χ2n) is 7.99. The van der Waals surface area contributed by atoms with Gasteiger partial charge in [0.05, 0.1) is 11.5 Å². The number of halogens is 3. The quantitative estimate of drug-likeness (QED) is 0.286. The van der Waals surface area contributed by atoms with Gasteiger partial charge in [-0.05, 0) is 84.4 Å². The first-order valence-corrected chi connectivity index (χ1v) is 13.0. The lowest BCUT2D eigenvalue weighted by molar-refractivity contribution is -0.127. The molecule has 11 heteroatoms. The average molecular weight is 603 g/mol. The smallest absolute Gasteiger partial charge is 0.294 e. The number of rotatable bonds is 9. The number of hydrogen-bond acceptors (Lipinski definition) is 6. The van der Waals surface area contributed by atoms with Crippen molar-refractivity contribution in [2.24, 2.45) is 0 Å². The van der Waals surface area contributed by atoms with Gasteiger partial charge in [0.1, 0.15) is 24.8 Å². The minimum Gasteiger partial charge on any atom is -0.490 e. The Morgan fingerprint density at radius 3 is 2.29 bits per heavy atom. The van der Waals surface area contributed by atoms with Crippen LogP contribution in [-0.2, 0) is 16.2 Å². The van der Waals surface area contributed by atoms with Gasteiger partial charge in [-0.15, -0.1) is 0 Å². The van der Waals surface area contributed by atoms with Gasteiger partial charge in [0.25, 0.3) is 11.1 Å². The maximum Gasteiger partial charge on any atom is 0.294 e. The fourth-order valence-electron chi connectivity index (χ4n) is 3.44.